The summed E-state index contributed by atoms with van der Waals surface area (Å²) in [5.41, 5.74) is 6.05. The first-order valence-electron chi connectivity index (χ1n) is 11.9. The predicted octanol–water partition coefficient (Wildman–Crippen LogP) is 6.51. The maximum absolute atomic E-state index is 11.5. The third-order valence-electron chi connectivity index (χ3n) is 6.99. The maximum atomic E-state index is 11.5. The number of anilines is 2. The van der Waals surface area contributed by atoms with Crippen LogP contribution in [0.4, 0.5) is 11.4 Å². The lowest BCUT2D eigenvalue weighted by atomic mass is 9.91. The second-order valence-electron chi connectivity index (χ2n) is 9.31. The van der Waals surface area contributed by atoms with Crippen molar-refractivity contribution in [3.63, 3.8) is 0 Å². The number of para-hydroxylation sites is 1. The number of benzene rings is 4. The monoisotopic (exact) mass is 450 g/mol. The lowest BCUT2D eigenvalue weighted by molar-refractivity contribution is 0.0696. The minimum Gasteiger partial charge on any atom is -0.478 e. The van der Waals surface area contributed by atoms with E-state index in [2.05, 4.69) is 83.9 Å². The van der Waals surface area contributed by atoms with Gasteiger partial charge in [0, 0.05) is 30.5 Å². The van der Waals surface area contributed by atoms with Gasteiger partial charge in [-0.1, -0.05) is 60.7 Å². The molecule has 0 saturated heterocycles. The van der Waals surface area contributed by atoms with Crippen LogP contribution in [0.25, 0.3) is 10.8 Å². The molecule has 0 bridgehead atoms. The summed E-state index contributed by atoms with van der Waals surface area (Å²) in [6.45, 7) is 5.90. The molecule has 0 radical (unpaired) electrons. The summed E-state index contributed by atoms with van der Waals surface area (Å²) in [5.74, 6) is -0.445. The fourth-order valence-electron chi connectivity index (χ4n) is 5.20. The SMILES string of the molecule is Cc1cc(N2CC(CN[C@H](C)c3cccc4ccccc34)Cc3ccccc32)ccc1C(=O)O. The number of hydrogen-bond acceptors (Lipinski definition) is 3. The summed E-state index contributed by atoms with van der Waals surface area (Å²) in [6.07, 6.45) is 1.02. The van der Waals surface area contributed by atoms with Crippen molar-refractivity contribution in [1.29, 1.82) is 0 Å². The Hall–Kier alpha value is -3.63. The number of fused-ring (bicyclic) bond motifs is 2. The number of carboxylic acids is 1. The fraction of sp³-hybridized carbons (Fsp3) is 0.233. The number of aryl methyl sites for hydroxylation is 1. The van der Waals surface area contributed by atoms with Gasteiger partial charge in [-0.15, -0.1) is 0 Å². The van der Waals surface area contributed by atoms with E-state index in [0.717, 1.165) is 30.8 Å². The van der Waals surface area contributed by atoms with E-state index in [9.17, 15) is 9.90 Å². The van der Waals surface area contributed by atoms with Gasteiger partial charge in [0.15, 0.2) is 0 Å². The zero-order valence-corrected chi connectivity index (χ0v) is 19.7. The van der Waals surface area contributed by atoms with Gasteiger partial charge in [0.1, 0.15) is 0 Å². The maximum Gasteiger partial charge on any atom is 0.335 e. The van der Waals surface area contributed by atoms with E-state index in [1.807, 2.05) is 19.1 Å². The van der Waals surface area contributed by atoms with Crippen LogP contribution in [-0.4, -0.2) is 24.2 Å². The largest absolute Gasteiger partial charge is 0.478 e. The molecule has 5 rings (SSSR count). The van der Waals surface area contributed by atoms with Crippen molar-refractivity contribution in [3.8, 4) is 0 Å². The molecule has 0 spiro atoms. The van der Waals surface area contributed by atoms with Crippen molar-refractivity contribution in [2.75, 3.05) is 18.0 Å². The van der Waals surface area contributed by atoms with Gasteiger partial charge < -0.3 is 15.3 Å². The number of nitrogens with one attached hydrogen (secondary N) is 1. The molecule has 0 aromatic heterocycles. The van der Waals surface area contributed by atoms with Crippen LogP contribution in [0.2, 0.25) is 0 Å². The van der Waals surface area contributed by atoms with Crippen LogP contribution in [0.1, 0.15) is 40.0 Å². The zero-order valence-electron chi connectivity index (χ0n) is 19.7. The van der Waals surface area contributed by atoms with Gasteiger partial charge in [-0.25, -0.2) is 4.79 Å². The number of nitrogens with zero attached hydrogens (tertiary/aromatic N) is 1. The molecule has 1 aliphatic heterocycles. The molecule has 4 aromatic carbocycles. The third-order valence-corrected chi connectivity index (χ3v) is 6.99. The van der Waals surface area contributed by atoms with Gasteiger partial charge in [0.05, 0.1) is 5.56 Å². The Labute approximate surface area is 200 Å². The van der Waals surface area contributed by atoms with Crippen LogP contribution < -0.4 is 10.2 Å². The summed E-state index contributed by atoms with van der Waals surface area (Å²) in [5, 5.41) is 15.8. The molecule has 4 nitrogen and oxygen atoms in total. The van der Waals surface area contributed by atoms with E-state index in [1.54, 1.807) is 6.07 Å². The predicted molar refractivity (Wildman–Crippen MR) is 139 cm³/mol. The third kappa shape index (κ3) is 4.29. The Kier molecular flexibility index (Phi) is 6.08. The molecule has 0 fully saturated rings. The molecule has 1 aliphatic rings. The van der Waals surface area contributed by atoms with Crippen molar-refractivity contribution in [2.24, 2.45) is 5.92 Å². The molecule has 2 atom stereocenters. The highest BCUT2D eigenvalue weighted by atomic mass is 16.4. The van der Waals surface area contributed by atoms with Crippen LogP contribution in [0.3, 0.4) is 0 Å². The van der Waals surface area contributed by atoms with E-state index in [0.29, 0.717) is 11.5 Å². The first-order chi connectivity index (χ1) is 16.5. The molecule has 4 heteroatoms. The van der Waals surface area contributed by atoms with E-state index >= 15 is 0 Å². The number of rotatable bonds is 6. The van der Waals surface area contributed by atoms with Gasteiger partial charge in [-0.05, 0) is 77.9 Å². The highest BCUT2D eigenvalue weighted by Crippen LogP contribution is 2.36. The molecule has 0 saturated carbocycles. The summed E-state index contributed by atoms with van der Waals surface area (Å²) in [6, 6.07) is 29.5. The van der Waals surface area contributed by atoms with Crippen molar-refractivity contribution in [2.45, 2.75) is 26.3 Å². The quantitative estimate of drug-likeness (QED) is 0.352. The lowest BCUT2D eigenvalue weighted by Gasteiger charge is -2.37. The van der Waals surface area contributed by atoms with Gasteiger partial charge in [0.2, 0.25) is 0 Å². The van der Waals surface area contributed by atoms with E-state index in [1.165, 1.54) is 27.6 Å². The van der Waals surface area contributed by atoms with E-state index in [4.69, 9.17) is 0 Å². The van der Waals surface area contributed by atoms with Crippen LogP contribution in [0.5, 0.6) is 0 Å². The average Bonchev–Trinajstić information content (AvgIpc) is 2.86. The molecule has 34 heavy (non-hydrogen) atoms. The van der Waals surface area contributed by atoms with Crippen molar-refractivity contribution in [3.05, 3.63) is 107 Å². The van der Waals surface area contributed by atoms with E-state index < -0.39 is 5.97 Å². The summed E-state index contributed by atoms with van der Waals surface area (Å²) in [7, 11) is 0. The average molecular weight is 451 g/mol. The minimum absolute atomic E-state index is 0.244. The second-order valence-corrected chi connectivity index (χ2v) is 9.31. The fourth-order valence-corrected chi connectivity index (χ4v) is 5.20. The van der Waals surface area contributed by atoms with Crippen LogP contribution in [0.15, 0.2) is 84.9 Å². The first kappa shape index (κ1) is 22.2. The summed E-state index contributed by atoms with van der Waals surface area (Å²) < 4.78 is 0. The Bertz CT molecular complexity index is 1340. The van der Waals surface area contributed by atoms with Crippen LogP contribution in [-0.2, 0) is 6.42 Å². The molecule has 1 heterocycles. The molecule has 1 unspecified atom stereocenters. The summed E-state index contributed by atoms with van der Waals surface area (Å²) in [4.78, 5) is 13.8. The van der Waals surface area contributed by atoms with Gasteiger partial charge in [0.25, 0.3) is 0 Å². The normalized spacial score (nSPS) is 16.3. The molecule has 2 N–H and O–H groups in total. The molecule has 4 aromatic rings. The first-order valence-corrected chi connectivity index (χ1v) is 11.9. The van der Waals surface area contributed by atoms with E-state index in [-0.39, 0.29) is 6.04 Å². The number of hydrogen-bond donors (Lipinski definition) is 2. The zero-order chi connectivity index (χ0) is 23.7. The Morgan fingerprint density at radius 3 is 2.62 bits per heavy atom. The molecule has 0 amide bonds. The molecular weight excluding hydrogens is 420 g/mol. The Morgan fingerprint density at radius 2 is 1.79 bits per heavy atom. The van der Waals surface area contributed by atoms with Crippen LogP contribution >= 0.6 is 0 Å². The smallest absolute Gasteiger partial charge is 0.335 e. The molecular formula is C30H30N2O2. The Balaban J connectivity index is 1.37. The van der Waals surface area contributed by atoms with Crippen molar-refractivity contribution < 1.29 is 9.90 Å². The topological polar surface area (TPSA) is 52.6 Å². The number of carboxylic acid groups (broad SMARTS) is 1. The van der Waals surface area contributed by atoms with Crippen molar-refractivity contribution in [1.82, 2.24) is 5.32 Å². The molecule has 0 aliphatic carbocycles. The highest BCUT2D eigenvalue weighted by molar-refractivity contribution is 5.90. The van der Waals surface area contributed by atoms with Gasteiger partial charge in [-0.3, -0.25) is 0 Å². The minimum atomic E-state index is -0.882. The second kappa shape index (κ2) is 9.32. The highest BCUT2D eigenvalue weighted by Gasteiger charge is 2.26. The molecule has 172 valence electrons. The lowest BCUT2D eigenvalue weighted by Crippen LogP contribution is -2.38. The number of carbonyl (C=O) groups is 1. The standard InChI is InChI=1S/C30H30N2O2/c1-20-16-25(14-15-26(20)30(33)34)32-19-22(17-24-9-4-6-13-29(24)32)18-31-21(2)27-12-7-10-23-8-3-5-11-28(23)27/h3-16,21-22,31H,17-19H2,1-2H3,(H,33,34)/t21-,22?/m1/s1. The van der Waals surface area contributed by atoms with Gasteiger partial charge >= 0.3 is 5.97 Å². The van der Waals surface area contributed by atoms with Crippen LogP contribution in [0, 0.1) is 12.8 Å². The summed E-state index contributed by atoms with van der Waals surface area (Å²) >= 11 is 0. The Morgan fingerprint density at radius 1 is 1.03 bits per heavy atom. The van der Waals surface area contributed by atoms with Crippen molar-refractivity contribution >= 4 is 28.1 Å². The van der Waals surface area contributed by atoms with Gasteiger partial charge in [-0.2, -0.15) is 0 Å². The number of aromatic carboxylic acids is 1.